The third kappa shape index (κ3) is 14.8. The first-order valence-corrected chi connectivity index (χ1v) is 14.5. The predicted molar refractivity (Wildman–Crippen MR) is 174 cm³/mol. The lowest BCUT2D eigenvalue weighted by atomic mass is 9.89. The number of nitrogens with zero attached hydrogens (tertiary/aromatic N) is 1. The zero-order chi connectivity index (χ0) is 31.8. The fraction of sp³-hybridized carbons (Fsp3) is 0.576. The van der Waals surface area contributed by atoms with Crippen molar-refractivity contribution in [1.29, 1.82) is 0 Å². The van der Waals surface area contributed by atoms with E-state index in [1.165, 1.54) is 30.2 Å². The highest BCUT2D eigenvalue weighted by Crippen LogP contribution is 2.26. The number of rotatable bonds is 9. The van der Waals surface area contributed by atoms with E-state index >= 15 is 0 Å². The highest BCUT2D eigenvalue weighted by atomic mass is 16.5. The van der Waals surface area contributed by atoms with Crippen LogP contribution in [-0.2, 0) is 19.1 Å². The molecule has 2 aromatic rings. The molecule has 0 radical (unpaired) electrons. The number of esters is 1. The van der Waals surface area contributed by atoms with Gasteiger partial charge in [-0.25, -0.2) is 0 Å². The summed E-state index contributed by atoms with van der Waals surface area (Å²) in [6.07, 6.45) is 10.1. The molecule has 1 saturated carbocycles. The molecule has 0 bridgehead atoms. The van der Waals surface area contributed by atoms with Crippen LogP contribution in [0.25, 0.3) is 10.9 Å². The molecule has 1 aromatic carbocycles. The second kappa shape index (κ2) is 26.3. The van der Waals surface area contributed by atoms with Gasteiger partial charge in [0.05, 0.1) is 19.8 Å². The second-order valence-corrected chi connectivity index (χ2v) is 8.84. The van der Waals surface area contributed by atoms with Gasteiger partial charge in [0.2, 0.25) is 0 Å². The van der Waals surface area contributed by atoms with E-state index in [1.807, 2.05) is 47.7 Å². The summed E-state index contributed by atoms with van der Waals surface area (Å²) in [7, 11) is 4.76. The Bertz CT molecular complexity index is 1040. The number of aromatic nitrogens is 1. The highest BCUT2D eigenvalue weighted by Gasteiger charge is 2.29. The topological polar surface area (TPSA) is 118 Å². The summed E-state index contributed by atoms with van der Waals surface area (Å²) in [6.45, 7) is 14.4. The number of ether oxygens (including phenoxy) is 2. The van der Waals surface area contributed by atoms with Crippen LogP contribution in [0.2, 0.25) is 0 Å². The van der Waals surface area contributed by atoms with Crippen molar-refractivity contribution in [1.82, 2.24) is 15.2 Å². The Morgan fingerprint density at radius 2 is 1.67 bits per heavy atom. The van der Waals surface area contributed by atoms with Crippen LogP contribution in [0.3, 0.4) is 0 Å². The van der Waals surface area contributed by atoms with Crippen molar-refractivity contribution < 1.29 is 28.7 Å². The molecule has 0 saturated heterocycles. The van der Waals surface area contributed by atoms with Gasteiger partial charge in [0, 0.05) is 36.8 Å². The van der Waals surface area contributed by atoms with Gasteiger partial charge in [0.1, 0.15) is 19.1 Å². The molecule has 42 heavy (non-hydrogen) atoms. The Balaban J connectivity index is -0.000000932. The van der Waals surface area contributed by atoms with Gasteiger partial charge in [0.15, 0.2) is 0 Å². The number of nitrogens with one attached hydrogen (secondary N) is 2. The minimum atomic E-state index is -0.673. The van der Waals surface area contributed by atoms with E-state index < -0.39 is 17.7 Å². The van der Waals surface area contributed by atoms with Crippen LogP contribution in [-0.4, -0.2) is 68.7 Å². The molecular weight excluding hydrogens is 534 g/mol. The molecule has 1 aliphatic rings. The third-order valence-electron chi connectivity index (χ3n) is 6.31. The molecule has 0 atom stereocenters. The zero-order valence-corrected chi connectivity index (χ0v) is 26.7. The lowest BCUT2D eigenvalue weighted by Gasteiger charge is -2.28. The summed E-state index contributed by atoms with van der Waals surface area (Å²) < 4.78 is 9.91. The first-order valence-electron chi connectivity index (χ1n) is 14.5. The van der Waals surface area contributed by atoms with Gasteiger partial charge in [-0.3, -0.25) is 14.4 Å². The number of benzene rings is 1. The van der Waals surface area contributed by atoms with E-state index in [4.69, 9.17) is 14.3 Å². The minimum absolute atomic E-state index is 0. The van der Waals surface area contributed by atoms with Crippen LogP contribution in [0.15, 0.2) is 36.2 Å². The zero-order valence-electron chi connectivity index (χ0n) is 26.7. The SMILES string of the molecule is C.C=O.CC.CC.CC/C(C)=C\NC.COC(=O)CN(CC1CCCCC1)C(=O)C(=O)c1c[nH]c2cc(OC)ccc12. The van der Waals surface area contributed by atoms with Crippen molar-refractivity contribution in [2.45, 2.75) is 87.5 Å². The predicted octanol–water partition coefficient (Wildman–Crippen LogP) is 6.96. The van der Waals surface area contributed by atoms with Gasteiger partial charge in [-0.15, -0.1) is 0 Å². The second-order valence-electron chi connectivity index (χ2n) is 8.84. The molecule has 0 aliphatic heterocycles. The number of ketones is 1. The number of amides is 1. The summed E-state index contributed by atoms with van der Waals surface area (Å²) in [5, 5.41) is 3.60. The Hall–Kier alpha value is -3.62. The molecule has 1 aliphatic carbocycles. The molecule has 9 nitrogen and oxygen atoms in total. The van der Waals surface area contributed by atoms with Crippen LogP contribution in [0.4, 0.5) is 0 Å². The van der Waals surface area contributed by atoms with Gasteiger partial charge in [0.25, 0.3) is 11.7 Å². The van der Waals surface area contributed by atoms with E-state index in [0.29, 0.717) is 34.7 Å². The summed E-state index contributed by atoms with van der Waals surface area (Å²) in [4.78, 5) is 50.1. The van der Waals surface area contributed by atoms with Crippen molar-refractivity contribution in [2.75, 3.05) is 34.4 Å². The quantitative estimate of drug-likeness (QED) is 0.184. The number of aromatic amines is 1. The van der Waals surface area contributed by atoms with Crippen LogP contribution < -0.4 is 10.1 Å². The van der Waals surface area contributed by atoms with Crippen LogP contribution in [0.5, 0.6) is 5.75 Å². The Morgan fingerprint density at radius 3 is 2.14 bits per heavy atom. The number of methoxy groups -OCH3 is 2. The summed E-state index contributed by atoms with van der Waals surface area (Å²) in [6, 6.07) is 5.26. The van der Waals surface area contributed by atoms with Crippen molar-refractivity contribution in [2.24, 2.45) is 5.92 Å². The molecule has 3 rings (SSSR count). The largest absolute Gasteiger partial charge is 0.497 e. The van der Waals surface area contributed by atoms with Gasteiger partial charge < -0.3 is 29.5 Å². The van der Waals surface area contributed by atoms with Crippen LogP contribution in [0, 0.1) is 5.92 Å². The van der Waals surface area contributed by atoms with E-state index in [1.54, 1.807) is 25.3 Å². The van der Waals surface area contributed by atoms with E-state index in [-0.39, 0.29) is 14.0 Å². The van der Waals surface area contributed by atoms with Gasteiger partial charge in [-0.05, 0) is 50.4 Å². The molecule has 1 aromatic heterocycles. The Morgan fingerprint density at radius 1 is 1.07 bits per heavy atom. The fourth-order valence-electron chi connectivity index (χ4n) is 4.15. The lowest BCUT2D eigenvalue weighted by molar-refractivity contribution is -0.146. The Labute approximate surface area is 254 Å². The Kier molecular flexibility index (Phi) is 26.8. The lowest BCUT2D eigenvalue weighted by Crippen LogP contribution is -2.43. The molecule has 9 heteroatoms. The normalized spacial score (nSPS) is 12.1. The minimum Gasteiger partial charge on any atom is -0.497 e. The standard InChI is InChI=1S/C21H26N2O5.C6H13N.2C2H6.CH2O.CH4/c1-27-15-8-9-16-17(11-22-18(16)10-15)20(25)21(26)23(13-19(24)28-2)12-14-6-4-3-5-7-14;1-4-6(2)5-7-3;3*1-2;/h8-11,14,22H,3-7,12-13H2,1-2H3;5,7H,4H2,1-3H3;2*1-2H3;1H2;1H4/b;6-5-;;;;. The molecule has 0 unspecified atom stereocenters. The molecule has 1 amide bonds. The number of hydrogen-bond acceptors (Lipinski definition) is 7. The molecule has 1 fully saturated rings. The first kappa shape index (κ1) is 42.8. The number of H-pyrrole nitrogens is 1. The first-order chi connectivity index (χ1) is 19.8. The smallest absolute Gasteiger partial charge is 0.325 e. The molecule has 0 spiro atoms. The van der Waals surface area contributed by atoms with E-state index in [9.17, 15) is 14.4 Å². The third-order valence-corrected chi connectivity index (χ3v) is 6.31. The molecular formula is C33H57N3O6. The number of allylic oxidation sites excluding steroid dienone is 1. The van der Waals surface area contributed by atoms with Crippen molar-refractivity contribution >= 4 is 35.4 Å². The summed E-state index contributed by atoms with van der Waals surface area (Å²) in [5.41, 5.74) is 2.39. The number of hydrogen-bond donors (Lipinski definition) is 2. The summed E-state index contributed by atoms with van der Waals surface area (Å²) in [5.74, 6) is -0.865. The molecule has 2 N–H and O–H groups in total. The van der Waals surface area contributed by atoms with Crippen LogP contribution >= 0.6 is 0 Å². The van der Waals surface area contributed by atoms with Gasteiger partial charge >= 0.3 is 5.97 Å². The van der Waals surface area contributed by atoms with Crippen molar-refractivity contribution in [3.05, 3.63) is 41.7 Å². The fourth-order valence-corrected chi connectivity index (χ4v) is 4.15. The average molecular weight is 592 g/mol. The number of fused-ring (bicyclic) bond motifs is 1. The average Bonchev–Trinajstić information content (AvgIpc) is 3.47. The maximum Gasteiger partial charge on any atom is 0.325 e. The van der Waals surface area contributed by atoms with Crippen molar-refractivity contribution in [3.8, 4) is 5.75 Å². The number of carbonyl (C=O) groups is 4. The van der Waals surface area contributed by atoms with E-state index in [2.05, 4.69) is 24.1 Å². The number of Topliss-reactive ketones (excluding diaryl/α,β-unsaturated/α-hetero) is 1. The van der Waals surface area contributed by atoms with E-state index in [0.717, 1.165) is 32.1 Å². The monoisotopic (exact) mass is 591 g/mol. The molecule has 1 heterocycles. The van der Waals surface area contributed by atoms with Crippen LogP contribution in [0.1, 0.15) is 97.9 Å². The summed E-state index contributed by atoms with van der Waals surface area (Å²) >= 11 is 0. The van der Waals surface area contributed by atoms with Gasteiger partial charge in [-0.2, -0.15) is 0 Å². The maximum absolute atomic E-state index is 13.0. The van der Waals surface area contributed by atoms with Gasteiger partial charge in [-0.1, -0.05) is 66.9 Å². The number of carbonyl (C=O) groups excluding carboxylic acids is 4. The maximum atomic E-state index is 13.0. The van der Waals surface area contributed by atoms with Crippen molar-refractivity contribution in [3.63, 3.8) is 0 Å². The highest BCUT2D eigenvalue weighted by molar-refractivity contribution is 6.45. The molecule has 240 valence electrons.